The van der Waals surface area contributed by atoms with Crippen LogP contribution in [0, 0.1) is 6.92 Å². The quantitative estimate of drug-likeness (QED) is 0.745. The molecule has 0 radical (unpaired) electrons. The first-order chi connectivity index (χ1) is 10.9. The number of carbonyl (C=O) groups excluding carboxylic acids is 1. The summed E-state index contributed by atoms with van der Waals surface area (Å²) < 4.78 is 5.30. The molecule has 0 aliphatic carbocycles. The molecule has 0 bridgehead atoms. The Bertz CT molecular complexity index is 767. The Morgan fingerprint density at radius 2 is 2.00 bits per heavy atom. The molecule has 0 saturated carbocycles. The lowest BCUT2D eigenvalue weighted by atomic mass is 10.1. The summed E-state index contributed by atoms with van der Waals surface area (Å²) in [5.41, 5.74) is 2.38. The van der Waals surface area contributed by atoms with E-state index in [1.807, 2.05) is 13.0 Å². The maximum Gasteiger partial charge on any atom is 0.371 e. The van der Waals surface area contributed by atoms with Crippen molar-refractivity contribution >= 4 is 34.9 Å². The molecule has 0 aliphatic rings. The van der Waals surface area contributed by atoms with Crippen LogP contribution in [0.3, 0.4) is 0 Å². The Morgan fingerprint density at radius 1 is 1.26 bits per heavy atom. The molecule has 0 unspecified atom stereocenters. The van der Waals surface area contributed by atoms with Crippen LogP contribution < -0.4 is 10.6 Å². The minimum Gasteiger partial charge on any atom is -0.475 e. The van der Waals surface area contributed by atoms with Gasteiger partial charge in [-0.2, -0.15) is 0 Å². The van der Waals surface area contributed by atoms with Crippen LogP contribution in [0.25, 0.3) is 11.3 Å². The Hall–Kier alpha value is -2.67. The van der Waals surface area contributed by atoms with Crippen LogP contribution in [-0.2, 0) is 4.79 Å². The number of carboxylic acid groups (broad SMARTS) is 1. The molecule has 1 aromatic heterocycles. The largest absolute Gasteiger partial charge is 0.475 e. The first-order valence-corrected chi connectivity index (χ1v) is 7.36. The molecule has 0 spiro atoms. The fraction of sp³-hybridized carbons (Fsp3) is 0.188. The number of aromatic carboxylic acids is 1. The van der Waals surface area contributed by atoms with Crippen LogP contribution in [0.4, 0.5) is 5.69 Å². The van der Waals surface area contributed by atoms with Crippen molar-refractivity contribution in [1.29, 1.82) is 0 Å². The first-order valence-electron chi connectivity index (χ1n) is 6.95. The number of hydrogen-bond donors (Lipinski definition) is 3. The van der Waals surface area contributed by atoms with Gasteiger partial charge in [0.15, 0.2) is 5.11 Å². The summed E-state index contributed by atoms with van der Waals surface area (Å²) in [5, 5.41) is 14.6. The smallest absolute Gasteiger partial charge is 0.371 e. The number of benzene rings is 1. The third-order valence-corrected chi connectivity index (χ3v) is 3.34. The summed E-state index contributed by atoms with van der Waals surface area (Å²) >= 11 is 5.05. The molecule has 0 saturated heterocycles. The lowest BCUT2D eigenvalue weighted by Gasteiger charge is -2.11. The number of aryl methyl sites for hydroxylation is 1. The number of carboxylic acids is 1. The van der Waals surface area contributed by atoms with Crippen LogP contribution in [0.2, 0.25) is 0 Å². The van der Waals surface area contributed by atoms with Gasteiger partial charge < -0.3 is 20.2 Å². The van der Waals surface area contributed by atoms with Crippen molar-refractivity contribution in [3.8, 4) is 11.3 Å². The average Bonchev–Trinajstić information content (AvgIpc) is 2.96. The van der Waals surface area contributed by atoms with Gasteiger partial charge in [-0.05, 0) is 55.0 Å². The lowest BCUT2D eigenvalue weighted by Crippen LogP contribution is -2.33. The molecule has 3 N–H and O–H groups in total. The Morgan fingerprint density at radius 3 is 2.57 bits per heavy atom. The number of amides is 1. The predicted molar refractivity (Wildman–Crippen MR) is 90.5 cm³/mol. The maximum absolute atomic E-state index is 11.3. The van der Waals surface area contributed by atoms with E-state index >= 15 is 0 Å². The maximum atomic E-state index is 11.3. The Labute approximate surface area is 138 Å². The summed E-state index contributed by atoms with van der Waals surface area (Å²) in [4.78, 5) is 22.1. The van der Waals surface area contributed by atoms with E-state index in [4.69, 9.17) is 21.7 Å². The molecule has 0 atom stereocenters. The van der Waals surface area contributed by atoms with Crippen LogP contribution in [0.15, 0.2) is 34.7 Å². The van der Waals surface area contributed by atoms with Crippen molar-refractivity contribution in [3.63, 3.8) is 0 Å². The zero-order valence-electron chi connectivity index (χ0n) is 12.7. The third-order valence-electron chi connectivity index (χ3n) is 3.14. The third kappa shape index (κ3) is 4.17. The SMILES string of the molecule is CCC(=O)NC(=S)Nc1ccc(-c2ccc(C(=O)O)o2)c(C)c1. The molecule has 1 aromatic carbocycles. The summed E-state index contributed by atoms with van der Waals surface area (Å²) in [5.74, 6) is -0.893. The Balaban J connectivity index is 2.15. The van der Waals surface area contributed by atoms with Crippen LogP contribution in [0.5, 0.6) is 0 Å². The van der Waals surface area contributed by atoms with E-state index in [1.165, 1.54) is 6.07 Å². The molecule has 0 aliphatic heterocycles. The van der Waals surface area contributed by atoms with E-state index in [0.29, 0.717) is 12.2 Å². The highest BCUT2D eigenvalue weighted by atomic mass is 32.1. The fourth-order valence-corrected chi connectivity index (χ4v) is 2.22. The molecule has 6 nitrogen and oxygen atoms in total. The van der Waals surface area contributed by atoms with Gasteiger partial charge in [0.2, 0.25) is 11.7 Å². The van der Waals surface area contributed by atoms with Crippen molar-refractivity contribution in [1.82, 2.24) is 5.32 Å². The van der Waals surface area contributed by atoms with Gasteiger partial charge in [0.1, 0.15) is 5.76 Å². The summed E-state index contributed by atoms with van der Waals surface area (Å²) in [6.45, 7) is 3.61. The van der Waals surface area contributed by atoms with Crippen molar-refractivity contribution in [2.75, 3.05) is 5.32 Å². The van der Waals surface area contributed by atoms with Gasteiger partial charge in [-0.3, -0.25) is 4.79 Å². The van der Waals surface area contributed by atoms with Gasteiger partial charge in [0, 0.05) is 17.7 Å². The van der Waals surface area contributed by atoms with Gasteiger partial charge in [-0.25, -0.2) is 4.79 Å². The molecular formula is C16H16N2O4S. The van der Waals surface area contributed by atoms with E-state index in [-0.39, 0.29) is 16.8 Å². The average molecular weight is 332 g/mol. The standard InChI is InChI=1S/C16H16N2O4S/c1-3-14(19)18-16(23)17-10-4-5-11(9(2)8-10)12-6-7-13(22-12)15(20)21/h4-8H,3H2,1-2H3,(H,20,21)(H2,17,18,19,23). The Kier molecular flexibility index (Phi) is 5.13. The molecule has 7 heteroatoms. The highest BCUT2D eigenvalue weighted by Gasteiger charge is 2.12. The minimum atomic E-state index is -1.11. The highest BCUT2D eigenvalue weighted by molar-refractivity contribution is 7.80. The summed E-state index contributed by atoms with van der Waals surface area (Å²) in [7, 11) is 0. The number of nitrogens with one attached hydrogen (secondary N) is 2. The number of furan rings is 1. The summed E-state index contributed by atoms with van der Waals surface area (Å²) in [6.07, 6.45) is 0.351. The fourth-order valence-electron chi connectivity index (χ4n) is 1.99. The number of rotatable bonds is 4. The molecule has 23 heavy (non-hydrogen) atoms. The monoisotopic (exact) mass is 332 g/mol. The molecule has 0 fully saturated rings. The van der Waals surface area contributed by atoms with Crippen LogP contribution >= 0.6 is 12.2 Å². The topological polar surface area (TPSA) is 91.6 Å². The van der Waals surface area contributed by atoms with Crippen LogP contribution in [-0.4, -0.2) is 22.1 Å². The van der Waals surface area contributed by atoms with E-state index < -0.39 is 5.97 Å². The molecule has 120 valence electrons. The van der Waals surface area contributed by atoms with Crippen molar-refractivity contribution in [2.24, 2.45) is 0 Å². The zero-order chi connectivity index (χ0) is 17.0. The van der Waals surface area contributed by atoms with Crippen LogP contribution in [0.1, 0.15) is 29.5 Å². The second-order valence-corrected chi connectivity index (χ2v) is 5.26. The zero-order valence-corrected chi connectivity index (χ0v) is 13.5. The van der Waals surface area contributed by atoms with E-state index in [9.17, 15) is 9.59 Å². The lowest BCUT2D eigenvalue weighted by molar-refractivity contribution is -0.119. The highest BCUT2D eigenvalue weighted by Crippen LogP contribution is 2.27. The number of carbonyl (C=O) groups is 2. The van der Waals surface area contributed by atoms with Crippen molar-refractivity contribution in [2.45, 2.75) is 20.3 Å². The number of hydrogen-bond acceptors (Lipinski definition) is 4. The second kappa shape index (κ2) is 7.06. The van der Waals surface area contributed by atoms with Crippen molar-refractivity contribution < 1.29 is 19.1 Å². The second-order valence-electron chi connectivity index (χ2n) is 4.85. The van der Waals surface area contributed by atoms with Crippen molar-refractivity contribution in [3.05, 3.63) is 41.7 Å². The van der Waals surface area contributed by atoms with Gasteiger partial charge in [-0.1, -0.05) is 6.92 Å². The van der Waals surface area contributed by atoms with E-state index in [0.717, 1.165) is 16.8 Å². The molecule has 1 amide bonds. The van der Waals surface area contributed by atoms with Gasteiger partial charge in [0.05, 0.1) is 0 Å². The van der Waals surface area contributed by atoms with E-state index in [2.05, 4.69) is 10.6 Å². The first kappa shape index (κ1) is 16.7. The minimum absolute atomic E-state index is 0.106. The molecule has 2 rings (SSSR count). The number of anilines is 1. The molecule has 1 heterocycles. The molecular weight excluding hydrogens is 316 g/mol. The summed E-state index contributed by atoms with van der Waals surface area (Å²) in [6, 6.07) is 8.44. The van der Waals surface area contributed by atoms with Gasteiger partial charge >= 0.3 is 5.97 Å². The normalized spacial score (nSPS) is 10.2. The molecule has 2 aromatic rings. The van der Waals surface area contributed by atoms with Gasteiger partial charge in [0.25, 0.3) is 0 Å². The van der Waals surface area contributed by atoms with E-state index in [1.54, 1.807) is 25.1 Å². The number of thiocarbonyl (C=S) groups is 1. The predicted octanol–water partition coefficient (Wildman–Crippen LogP) is 3.18. The van der Waals surface area contributed by atoms with Gasteiger partial charge in [-0.15, -0.1) is 0 Å².